The van der Waals surface area contributed by atoms with Crippen LogP contribution in [-0.2, 0) is 4.79 Å². The number of nitro benzene ring substituents is 1. The number of aryl methyl sites for hydroxylation is 1. The maximum absolute atomic E-state index is 13.8. The van der Waals surface area contributed by atoms with Gasteiger partial charge in [0, 0.05) is 18.7 Å². The molecule has 0 aliphatic rings. The van der Waals surface area contributed by atoms with Crippen LogP contribution in [-0.4, -0.2) is 38.3 Å². The molecule has 1 amide bonds. The van der Waals surface area contributed by atoms with Gasteiger partial charge in [-0.1, -0.05) is 6.07 Å². The Balaban J connectivity index is 2.44. The molecule has 0 aliphatic carbocycles. The summed E-state index contributed by atoms with van der Waals surface area (Å²) >= 11 is 0. The minimum Gasteiger partial charge on any atom is -0.506 e. The second-order valence-electron chi connectivity index (χ2n) is 5.78. The Hall–Kier alpha value is -4.33. The van der Waals surface area contributed by atoms with E-state index in [0.717, 1.165) is 19.2 Å². The first-order valence-corrected chi connectivity index (χ1v) is 7.83. The summed E-state index contributed by atoms with van der Waals surface area (Å²) in [6.07, 6.45) is 0. The van der Waals surface area contributed by atoms with Crippen molar-refractivity contribution >= 4 is 17.4 Å². The summed E-state index contributed by atoms with van der Waals surface area (Å²) in [6, 6.07) is 6.70. The van der Waals surface area contributed by atoms with Gasteiger partial charge in [-0.2, -0.15) is 10.3 Å². The highest BCUT2D eigenvalue weighted by molar-refractivity contribution is 6.03. The molecular weight excluding hydrogens is 389 g/mol. The van der Waals surface area contributed by atoms with E-state index in [1.54, 1.807) is 6.92 Å². The van der Waals surface area contributed by atoms with E-state index in [2.05, 4.69) is 0 Å². The van der Waals surface area contributed by atoms with Gasteiger partial charge in [0.1, 0.15) is 11.8 Å². The van der Waals surface area contributed by atoms with Gasteiger partial charge in [-0.25, -0.2) is 4.39 Å². The predicted octanol–water partition coefficient (Wildman–Crippen LogP) is 2.70. The van der Waals surface area contributed by atoms with Crippen LogP contribution < -0.4 is 4.84 Å². The molecule has 0 saturated heterocycles. The molecule has 10 nitrogen and oxygen atoms in total. The third-order valence-corrected chi connectivity index (χ3v) is 3.71. The summed E-state index contributed by atoms with van der Waals surface area (Å²) in [6.45, 7) is 1.66. The van der Waals surface area contributed by atoms with E-state index in [-0.39, 0.29) is 5.75 Å². The van der Waals surface area contributed by atoms with Crippen molar-refractivity contribution in [2.24, 2.45) is 0 Å². The first-order valence-electron chi connectivity index (χ1n) is 7.83. The molecule has 0 aliphatic heterocycles. The number of aromatic hydroxyl groups is 2. The molecule has 0 fully saturated rings. The number of hydroxylamine groups is 2. The molecule has 2 aromatic carbocycles. The molecule has 0 saturated carbocycles. The lowest BCUT2D eigenvalue weighted by Crippen LogP contribution is -2.32. The summed E-state index contributed by atoms with van der Waals surface area (Å²) in [5.41, 5.74) is -1.71. The number of aliphatic hydroxyl groups is 1. The Labute approximate surface area is 163 Å². The normalized spacial score (nSPS) is 11.2. The van der Waals surface area contributed by atoms with Gasteiger partial charge in [0.2, 0.25) is 5.75 Å². The van der Waals surface area contributed by atoms with Crippen molar-refractivity contribution in [3.8, 4) is 23.3 Å². The predicted molar refractivity (Wildman–Crippen MR) is 96.1 cm³/mol. The Morgan fingerprint density at radius 3 is 2.55 bits per heavy atom. The van der Waals surface area contributed by atoms with Gasteiger partial charge in [-0.3, -0.25) is 14.9 Å². The fraction of sp³-hybridized carbons (Fsp3) is 0.111. The van der Waals surface area contributed by atoms with Crippen molar-refractivity contribution in [1.29, 1.82) is 5.26 Å². The number of aliphatic hydroxyl groups excluding tert-OH is 1. The number of phenols is 2. The number of nitrogens with zero attached hydrogens (tertiary/aromatic N) is 3. The molecule has 0 bridgehead atoms. The Kier molecular flexibility index (Phi) is 5.88. The highest BCUT2D eigenvalue weighted by Gasteiger charge is 2.26. The number of phenolic OH excluding ortho intramolecular Hbond substituents is 2. The average Bonchev–Trinajstić information content (AvgIpc) is 2.66. The van der Waals surface area contributed by atoms with Gasteiger partial charge in [-0.15, -0.1) is 0 Å². The van der Waals surface area contributed by atoms with Crippen LogP contribution in [0.25, 0.3) is 5.76 Å². The number of nitro groups is 1. The quantitative estimate of drug-likeness (QED) is 0.172. The topological polar surface area (TPSA) is 157 Å². The average molecular weight is 403 g/mol. The van der Waals surface area contributed by atoms with Crippen LogP contribution in [0.5, 0.6) is 17.2 Å². The molecule has 0 unspecified atom stereocenters. The zero-order valence-electron chi connectivity index (χ0n) is 15.1. The van der Waals surface area contributed by atoms with E-state index in [1.807, 2.05) is 0 Å². The molecule has 29 heavy (non-hydrogen) atoms. The van der Waals surface area contributed by atoms with Gasteiger partial charge in [0.25, 0.3) is 0 Å². The number of rotatable bonds is 5. The lowest BCUT2D eigenvalue weighted by molar-refractivity contribution is -0.386. The summed E-state index contributed by atoms with van der Waals surface area (Å²) in [5.74, 6) is -5.29. The molecule has 0 atom stereocenters. The van der Waals surface area contributed by atoms with E-state index in [0.29, 0.717) is 16.7 Å². The van der Waals surface area contributed by atoms with Gasteiger partial charge < -0.3 is 20.2 Å². The number of hydrogen-bond donors (Lipinski definition) is 3. The standard InChI is InChI=1S/C18H14FN3O7/c1-9-3-4-12(19)15(5-9)29-21(2)18(26)11(8-20)16(24)10-6-13(22(27)28)17(25)14(23)7-10/h3-7,23-25H,1-2H3/b16-11-. The van der Waals surface area contributed by atoms with Crippen molar-refractivity contribution in [3.63, 3.8) is 0 Å². The van der Waals surface area contributed by atoms with Gasteiger partial charge >= 0.3 is 11.6 Å². The number of hydrogen-bond acceptors (Lipinski definition) is 8. The third kappa shape index (κ3) is 4.33. The molecule has 150 valence electrons. The highest BCUT2D eigenvalue weighted by atomic mass is 19.1. The number of carbonyl (C=O) groups excluding carboxylic acids is 1. The Bertz CT molecular complexity index is 1080. The zero-order chi connectivity index (χ0) is 21.9. The fourth-order valence-electron chi connectivity index (χ4n) is 2.25. The SMILES string of the molecule is Cc1ccc(F)c(ON(C)C(=O)/C(C#N)=C(\O)c2cc(O)c(O)c([N+](=O)[O-])c2)c1. The molecule has 0 aromatic heterocycles. The number of halogens is 1. The smallest absolute Gasteiger partial charge is 0.315 e. The molecule has 0 spiro atoms. The number of carbonyl (C=O) groups is 1. The molecule has 3 N–H and O–H groups in total. The summed E-state index contributed by atoms with van der Waals surface area (Å²) in [7, 11) is 1.06. The fourth-order valence-corrected chi connectivity index (χ4v) is 2.25. The zero-order valence-corrected chi connectivity index (χ0v) is 15.1. The lowest BCUT2D eigenvalue weighted by Gasteiger charge is -2.18. The maximum Gasteiger partial charge on any atom is 0.315 e. The number of nitriles is 1. The van der Waals surface area contributed by atoms with Crippen LogP contribution >= 0.6 is 0 Å². The van der Waals surface area contributed by atoms with Crippen molar-refractivity contribution in [3.05, 3.63) is 63.0 Å². The van der Waals surface area contributed by atoms with Crippen LogP contribution in [0.3, 0.4) is 0 Å². The minimum atomic E-state index is -1.19. The van der Waals surface area contributed by atoms with Crippen molar-refractivity contribution < 1.29 is 34.3 Å². The molecule has 11 heteroatoms. The minimum absolute atomic E-state index is 0.310. The highest BCUT2D eigenvalue weighted by Crippen LogP contribution is 2.38. The first-order chi connectivity index (χ1) is 13.6. The van der Waals surface area contributed by atoms with E-state index in [4.69, 9.17) is 4.84 Å². The monoisotopic (exact) mass is 403 g/mol. The van der Waals surface area contributed by atoms with E-state index in [1.165, 1.54) is 18.2 Å². The van der Waals surface area contributed by atoms with E-state index in [9.17, 15) is 39.9 Å². The van der Waals surface area contributed by atoms with E-state index < -0.39 is 50.7 Å². The van der Waals surface area contributed by atoms with Gasteiger partial charge in [-0.05, 0) is 30.7 Å². The molecule has 2 rings (SSSR count). The van der Waals surface area contributed by atoms with Crippen LogP contribution in [0.1, 0.15) is 11.1 Å². The Morgan fingerprint density at radius 1 is 1.31 bits per heavy atom. The van der Waals surface area contributed by atoms with E-state index >= 15 is 0 Å². The van der Waals surface area contributed by atoms with Crippen molar-refractivity contribution in [1.82, 2.24) is 5.06 Å². The third-order valence-electron chi connectivity index (χ3n) is 3.71. The Morgan fingerprint density at radius 2 is 1.97 bits per heavy atom. The first kappa shape index (κ1) is 21.0. The molecule has 0 radical (unpaired) electrons. The molecule has 0 heterocycles. The van der Waals surface area contributed by atoms with Crippen LogP contribution in [0.15, 0.2) is 35.9 Å². The number of amides is 1. The summed E-state index contributed by atoms with van der Waals surface area (Å²) < 4.78 is 13.8. The largest absolute Gasteiger partial charge is 0.506 e. The van der Waals surface area contributed by atoms with Crippen LogP contribution in [0, 0.1) is 34.2 Å². The number of benzene rings is 2. The summed E-state index contributed by atoms with van der Waals surface area (Å²) in [4.78, 5) is 27.4. The number of likely N-dealkylation sites (N-methyl/N-ethyl adjacent to an activating group) is 1. The van der Waals surface area contributed by atoms with Crippen molar-refractivity contribution in [2.75, 3.05) is 7.05 Å². The molecule has 2 aromatic rings. The summed E-state index contributed by atoms with van der Waals surface area (Å²) in [5, 5.41) is 50.0. The molecular formula is C18H14FN3O7. The maximum atomic E-state index is 13.8. The second kappa shape index (κ2) is 8.13. The van der Waals surface area contributed by atoms with Crippen molar-refractivity contribution in [2.45, 2.75) is 6.92 Å². The lowest BCUT2D eigenvalue weighted by atomic mass is 10.1. The van der Waals surface area contributed by atoms with Gasteiger partial charge in [0.15, 0.2) is 22.9 Å². The van der Waals surface area contributed by atoms with Crippen LogP contribution in [0.2, 0.25) is 0 Å². The van der Waals surface area contributed by atoms with Crippen LogP contribution in [0.4, 0.5) is 10.1 Å². The second-order valence-corrected chi connectivity index (χ2v) is 5.78. The van der Waals surface area contributed by atoms with Gasteiger partial charge in [0.05, 0.1) is 4.92 Å².